The fourth-order valence-corrected chi connectivity index (χ4v) is 7.27. The number of oxime groups is 1. The molecule has 0 aliphatic carbocycles. The second-order valence-corrected chi connectivity index (χ2v) is 14.2. The summed E-state index contributed by atoms with van der Waals surface area (Å²) in [6.07, 6.45) is 6.80. The highest BCUT2D eigenvalue weighted by atomic mass is 32.2. The maximum atomic E-state index is 13.4. The van der Waals surface area contributed by atoms with Gasteiger partial charge in [-0.05, 0) is 42.5 Å². The van der Waals surface area contributed by atoms with Crippen LogP contribution in [0.25, 0.3) is 16.8 Å². The number of β-lactam (4-membered cyclic amide) rings is 1. The van der Waals surface area contributed by atoms with E-state index in [9.17, 15) is 39.6 Å². The molecule has 2 aliphatic heterocycles. The number of Topliss-reactive ketones (excluding diaryl/α,β-unsaturated/α-hetero) is 1. The van der Waals surface area contributed by atoms with Gasteiger partial charge in [-0.25, -0.2) is 14.2 Å². The number of nitrogens with two attached hydrogens (primary N) is 1. The molecule has 2 aliphatic rings. The molecular weight excluding hydrogens is 701 g/mol. The third-order valence-corrected chi connectivity index (χ3v) is 10.2. The number of hydrogen-bond acceptors (Lipinski definition) is 13. The number of fused-ring (bicyclic) bond motifs is 2. The van der Waals surface area contributed by atoms with E-state index in [1.807, 2.05) is 47.3 Å². The minimum absolute atomic E-state index is 0.0372. The number of amides is 1. The molecule has 2 aromatic heterocycles. The van der Waals surface area contributed by atoms with Crippen LogP contribution in [0.2, 0.25) is 0 Å². The first kappa shape index (κ1) is 35.0. The summed E-state index contributed by atoms with van der Waals surface area (Å²) in [6.45, 7) is 3.03. The number of phenols is 2. The Hall–Kier alpha value is -5.81. The summed E-state index contributed by atoms with van der Waals surface area (Å²) >= 11 is 2.12. The monoisotopic (exact) mass is 731 g/mol. The van der Waals surface area contributed by atoms with Gasteiger partial charge in [-0.1, -0.05) is 41.6 Å². The molecule has 262 valence electrons. The van der Waals surface area contributed by atoms with E-state index in [4.69, 9.17) is 10.6 Å². The number of aromatic nitrogens is 3. The summed E-state index contributed by atoms with van der Waals surface area (Å²) < 4.78 is 5.93. The Kier molecular flexibility index (Phi) is 9.50. The van der Waals surface area contributed by atoms with Gasteiger partial charge in [0.05, 0.1) is 11.3 Å². The molecule has 0 bridgehead atoms. The normalized spacial score (nSPS) is 17.8. The van der Waals surface area contributed by atoms with E-state index in [0.29, 0.717) is 12.1 Å². The lowest BCUT2D eigenvalue weighted by Gasteiger charge is -2.49. The van der Waals surface area contributed by atoms with Crippen LogP contribution in [-0.4, -0.2) is 80.8 Å². The number of hydrogen-bond donors (Lipinski definition) is 5. The topological polar surface area (TPSA) is 230 Å². The Bertz CT molecular complexity index is 2180. The van der Waals surface area contributed by atoms with E-state index in [-0.39, 0.29) is 40.3 Å². The molecule has 2 aromatic carbocycles. The largest absolute Gasteiger partial charge is 0.504 e. The molecular formula is C34H31N6O9S2+. The number of nitrogens with zero attached hydrogens (tertiary/aromatic N) is 5. The lowest BCUT2D eigenvalue weighted by molar-refractivity contribution is -0.687. The molecule has 15 nitrogen and oxygen atoms in total. The number of carboxylic acids is 2. The smallest absolute Gasteiger partial charge is 0.352 e. The number of carboxylic acid groups (broad SMARTS) is 2. The van der Waals surface area contributed by atoms with Crippen LogP contribution in [0.4, 0.5) is 5.13 Å². The highest BCUT2D eigenvalue weighted by Crippen LogP contribution is 2.45. The first-order valence-electron chi connectivity index (χ1n) is 15.4. The van der Waals surface area contributed by atoms with E-state index in [1.54, 1.807) is 12.2 Å². The average Bonchev–Trinajstić information content (AvgIpc) is 3.52. The van der Waals surface area contributed by atoms with Crippen LogP contribution in [-0.2, 0) is 30.6 Å². The zero-order valence-corrected chi connectivity index (χ0v) is 28.7. The Morgan fingerprint density at radius 3 is 2.45 bits per heavy atom. The van der Waals surface area contributed by atoms with Crippen molar-refractivity contribution in [3.63, 3.8) is 0 Å². The van der Waals surface area contributed by atoms with Crippen molar-refractivity contribution in [3.05, 3.63) is 89.2 Å². The van der Waals surface area contributed by atoms with Gasteiger partial charge in [-0.2, -0.15) is 9.36 Å². The summed E-state index contributed by atoms with van der Waals surface area (Å²) in [5.74, 6) is -5.01. The van der Waals surface area contributed by atoms with Gasteiger partial charge in [0.1, 0.15) is 5.70 Å². The number of pyridine rings is 1. The number of phenolic OH excluding ortho intramolecular Hbond substituents is 2. The molecule has 0 saturated carbocycles. The zero-order chi connectivity index (χ0) is 36.6. The summed E-state index contributed by atoms with van der Waals surface area (Å²) in [6, 6.07) is 12.5. The highest BCUT2D eigenvalue weighted by molar-refractivity contribution is 8.00. The van der Waals surface area contributed by atoms with Crippen molar-refractivity contribution < 1.29 is 49.0 Å². The fraction of sp³-hybridized carbons (Fsp3) is 0.235. The van der Waals surface area contributed by atoms with Gasteiger partial charge >= 0.3 is 11.9 Å². The van der Waals surface area contributed by atoms with Gasteiger partial charge < -0.3 is 31.0 Å². The Balaban J connectivity index is 1.14. The molecule has 1 fully saturated rings. The minimum Gasteiger partial charge on any atom is -0.504 e. The van der Waals surface area contributed by atoms with E-state index in [0.717, 1.165) is 33.4 Å². The van der Waals surface area contributed by atoms with Crippen molar-refractivity contribution >= 4 is 74.6 Å². The molecule has 1 saturated heterocycles. The number of thioether (sulfide) groups is 1. The van der Waals surface area contributed by atoms with Gasteiger partial charge in [0.2, 0.25) is 17.3 Å². The van der Waals surface area contributed by atoms with Crippen molar-refractivity contribution in [3.8, 4) is 11.5 Å². The summed E-state index contributed by atoms with van der Waals surface area (Å²) in [7, 11) is 0. The summed E-state index contributed by atoms with van der Waals surface area (Å²) in [5.41, 5.74) is 5.56. The van der Waals surface area contributed by atoms with Crippen molar-refractivity contribution in [2.24, 2.45) is 11.1 Å². The van der Waals surface area contributed by atoms with Crippen LogP contribution >= 0.6 is 23.3 Å². The third-order valence-electron chi connectivity index (χ3n) is 8.27. The molecule has 4 aromatic rings. The van der Waals surface area contributed by atoms with Gasteiger partial charge in [0.25, 0.3) is 0 Å². The molecule has 4 heterocycles. The van der Waals surface area contributed by atoms with Crippen molar-refractivity contribution in [1.82, 2.24) is 14.3 Å². The maximum absolute atomic E-state index is 13.4. The molecule has 0 spiro atoms. The number of rotatable bonds is 12. The third kappa shape index (κ3) is 7.25. The number of carbonyl (C=O) groups is 4. The van der Waals surface area contributed by atoms with E-state index in [2.05, 4.69) is 14.5 Å². The predicted molar refractivity (Wildman–Crippen MR) is 187 cm³/mol. The Morgan fingerprint density at radius 1 is 1.10 bits per heavy atom. The SMILES string of the molecule is CC(C)(O/N=C(\C(=O)C[C@@H]1C(=O)N2C(C(=O)O)=C(C=Cc3ccc(C[n+]4ccc5cc(O)c(O)cc5c4)cc3)CS[C@H]12)c1nsc(N)n1)C(=O)O. The standard InChI is InChI=1S/C34H30N6O9S2/c1-34(2,32(47)48)49-37-26(28-36-33(35)51-38-28)25(43)13-22-29(44)40-27(31(45)46)20(16-50-30(22)40)8-7-17-3-5-18(6-4-17)14-39-10-9-19-11-23(41)24(42)12-21(19)15-39/h3-12,15,22,30H,13-14,16H2,1-2H3,(H5,35,36,38,42,45,46,47,48)/p+1/b8-7?,37-26+/t22-,30-/m1/s1. The molecule has 2 atom stereocenters. The number of anilines is 1. The quantitative estimate of drug-likeness (QED) is 0.0464. The molecule has 0 unspecified atom stereocenters. The van der Waals surface area contributed by atoms with Gasteiger partial charge in [-0.3, -0.25) is 14.5 Å². The number of carbonyl (C=O) groups excluding carboxylic acids is 2. The van der Waals surface area contributed by atoms with Crippen molar-refractivity contribution in [1.29, 1.82) is 0 Å². The first-order chi connectivity index (χ1) is 24.2. The number of ketones is 1. The second-order valence-electron chi connectivity index (χ2n) is 12.3. The number of aromatic hydroxyl groups is 2. The van der Waals surface area contributed by atoms with Crippen LogP contribution < -0.4 is 10.3 Å². The maximum Gasteiger partial charge on any atom is 0.352 e. The second kappa shape index (κ2) is 13.8. The molecule has 1 amide bonds. The van der Waals surface area contributed by atoms with Gasteiger partial charge in [0.15, 0.2) is 47.1 Å². The summed E-state index contributed by atoms with van der Waals surface area (Å²) in [5, 5.41) is 43.8. The fourth-order valence-electron chi connectivity index (χ4n) is 5.45. The van der Waals surface area contributed by atoms with Crippen LogP contribution in [0.5, 0.6) is 11.5 Å². The molecule has 0 radical (unpaired) electrons. The Morgan fingerprint density at radius 2 is 1.80 bits per heavy atom. The molecule has 6 N–H and O–H groups in total. The van der Waals surface area contributed by atoms with Crippen LogP contribution in [0, 0.1) is 5.92 Å². The number of allylic oxidation sites excluding steroid dienone is 1. The number of benzene rings is 2. The average molecular weight is 732 g/mol. The summed E-state index contributed by atoms with van der Waals surface area (Å²) in [4.78, 5) is 60.9. The van der Waals surface area contributed by atoms with Crippen LogP contribution in [0.3, 0.4) is 0 Å². The lowest BCUT2D eigenvalue weighted by atomic mass is 9.89. The predicted octanol–water partition coefficient (Wildman–Crippen LogP) is 3.15. The number of aliphatic carboxylic acids is 2. The van der Waals surface area contributed by atoms with E-state index in [1.165, 1.54) is 42.6 Å². The van der Waals surface area contributed by atoms with E-state index < -0.39 is 46.2 Å². The molecule has 51 heavy (non-hydrogen) atoms. The lowest BCUT2D eigenvalue weighted by Crippen LogP contribution is -2.62. The van der Waals surface area contributed by atoms with Gasteiger partial charge in [0, 0.05) is 40.7 Å². The molecule has 17 heteroatoms. The highest BCUT2D eigenvalue weighted by Gasteiger charge is 2.54. The van der Waals surface area contributed by atoms with Crippen LogP contribution in [0.15, 0.2) is 77.4 Å². The first-order valence-corrected chi connectivity index (χ1v) is 17.2. The van der Waals surface area contributed by atoms with Crippen LogP contribution in [0.1, 0.15) is 37.2 Å². The Labute approximate surface area is 298 Å². The number of nitrogen functional groups attached to an aromatic ring is 1. The van der Waals surface area contributed by atoms with Crippen molar-refractivity contribution in [2.75, 3.05) is 11.5 Å². The molecule has 6 rings (SSSR count). The van der Waals surface area contributed by atoms with Gasteiger partial charge in [-0.15, -0.1) is 11.8 Å². The zero-order valence-electron chi connectivity index (χ0n) is 27.1. The minimum atomic E-state index is -1.78. The van der Waals surface area contributed by atoms with E-state index >= 15 is 0 Å². The van der Waals surface area contributed by atoms with Crippen molar-refractivity contribution in [2.45, 2.75) is 37.8 Å².